The van der Waals surface area contributed by atoms with Crippen molar-refractivity contribution < 1.29 is 18.8 Å². The number of anilines is 1. The molecule has 154 valence electrons. The summed E-state index contributed by atoms with van der Waals surface area (Å²) >= 11 is 0. The van der Waals surface area contributed by atoms with Crippen LogP contribution >= 0.6 is 0 Å². The van der Waals surface area contributed by atoms with E-state index in [2.05, 4.69) is 10.1 Å². The molecule has 7 nitrogen and oxygen atoms in total. The topological polar surface area (TPSA) is 77.2 Å². The number of benzene rings is 2. The van der Waals surface area contributed by atoms with E-state index >= 15 is 0 Å². The molecule has 7 heteroatoms. The second-order valence-corrected chi connectivity index (χ2v) is 7.13. The van der Waals surface area contributed by atoms with E-state index in [-0.39, 0.29) is 12.6 Å². The van der Waals surface area contributed by atoms with Gasteiger partial charge in [-0.25, -0.2) is 4.99 Å². The lowest BCUT2D eigenvalue weighted by molar-refractivity contribution is -0.114. The van der Waals surface area contributed by atoms with E-state index in [1.165, 1.54) is 0 Å². The molecule has 0 fully saturated rings. The van der Waals surface area contributed by atoms with Crippen LogP contribution in [0.5, 0.6) is 11.5 Å². The van der Waals surface area contributed by atoms with Crippen molar-refractivity contribution in [1.29, 1.82) is 0 Å². The molecule has 31 heavy (non-hydrogen) atoms. The molecule has 0 N–H and O–H groups in total. The Morgan fingerprint density at radius 2 is 1.97 bits per heavy atom. The van der Waals surface area contributed by atoms with Crippen molar-refractivity contribution in [2.75, 3.05) is 18.7 Å². The SMILES string of the molecule is COc1ccc2c(c1)C=C1C(=O)N(c3c(C)noc3/C=C/c3ccccc3)CN=C1O2. The second-order valence-electron chi connectivity index (χ2n) is 7.13. The molecule has 2 aliphatic rings. The highest BCUT2D eigenvalue weighted by Crippen LogP contribution is 2.35. The van der Waals surface area contributed by atoms with Gasteiger partial charge in [-0.15, -0.1) is 0 Å². The van der Waals surface area contributed by atoms with Crippen LogP contribution in [0.25, 0.3) is 18.2 Å². The Bertz CT molecular complexity index is 1260. The maximum absolute atomic E-state index is 13.4. The zero-order chi connectivity index (χ0) is 21.4. The molecule has 2 aromatic carbocycles. The fraction of sp³-hybridized carbons (Fsp3) is 0.125. The summed E-state index contributed by atoms with van der Waals surface area (Å²) in [6.07, 6.45) is 5.50. The van der Waals surface area contributed by atoms with Gasteiger partial charge in [-0.3, -0.25) is 9.69 Å². The number of rotatable bonds is 4. The summed E-state index contributed by atoms with van der Waals surface area (Å²) in [4.78, 5) is 19.4. The molecule has 0 bridgehead atoms. The van der Waals surface area contributed by atoms with E-state index in [9.17, 15) is 4.79 Å². The fourth-order valence-corrected chi connectivity index (χ4v) is 3.58. The summed E-state index contributed by atoms with van der Waals surface area (Å²) in [5, 5.41) is 4.07. The number of nitrogens with zero attached hydrogens (tertiary/aromatic N) is 3. The number of carbonyl (C=O) groups excluding carboxylic acids is 1. The number of amides is 1. The van der Waals surface area contributed by atoms with Gasteiger partial charge in [0.15, 0.2) is 5.76 Å². The molecule has 1 aromatic heterocycles. The fourth-order valence-electron chi connectivity index (χ4n) is 3.58. The van der Waals surface area contributed by atoms with Crippen LogP contribution in [0, 0.1) is 6.92 Å². The average molecular weight is 413 g/mol. The van der Waals surface area contributed by atoms with Crippen molar-refractivity contribution in [3.63, 3.8) is 0 Å². The number of aromatic nitrogens is 1. The van der Waals surface area contributed by atoms with Crippen molar-refractivity contribution in [3.05, 3.63) is 76.7 Å². The summed E-state index contributed by atoms with van der Waals surface area (Å²) in [6.45, 7) is 1.92. The summed E-state index contributed by atoms with van der Waals surface area (Å²) < 4.78 is 16.6. The first kappa shape index (κ1) is 18.9. The molecule has 3 aromatic rings. The molecule has 2 aliphatic heterocycles. The molecule has 0 radical (unpaired) electrons. The van der Waals surface area contributed by atoms with E-state index in [1.807, 2.05) is 48.6 Å². The summed E-state index contributed by atoms with van der Waals surface area (Å²) in [5.74, 6) is 1.90. The smallest absolute Gasteiger partial charge is 0.265 e. The number of aliphatic imine (C=N–C) groups is 1. The van der Waals surface area contributed by atoms with E-state index in [0.29, 0.717) is 40.1 Å². The minimum absolute atomic E-state index is 0.116. The standard InChI is InChI=1S/C24H19N3O4/c1-15-22(21(31-26-15)10-8-16-6-4-3-5-7-16)27-14-25-23-19(24(27)28)13-17-12-18(29-2)9-11-20(17)30-23/h3-13H,14H2,1-2H3/b10-8+. The van der Waals surface area contributed by atoms with Gasteiger partial charge in [-0.05, 0) is 42.8 Å². The number of methoxy groups -OCH3 is 1. The van der Waals surface area contributed by atoms with Crippen LogP contribution in [0.2, 0.25) is 0 Å². The number of fused-ring (bicyclic) bond motifs is 2. The van der Waals surface area contributed by atoms with Gasteiger partial charge in [0.25, 0.3) is 5.91 Å². The zero-order valence-electron chi connectivity index (χ0n) is 17.0. The lowest BCUT2D eigenvalue weighted by Crippen LogP contribution is -2.41. The van der Waals surface area contributed by atoms with Crippen LogP contribution in [0.1, 0.15) is 22.6 Å². The summed E-state index contributed by atoms with van der Waals surface area (Å²) in [7, 11) is 1.60. The van der Waals surface area contributed by atoms with Gasteiger partial charge in [-0.2, -0.15) is 0 Å². The molecule has 5 rings (SSSR count). The van der Waals surface area contributed by atoms with Crippen LogP contribution in [-0.4, -0.2) is 30.7 Å². The van der Waals surface area contributed by atoms with Gasteiger partial charge in [0, 0.05) is 5.56 Å². The Labute approximate surface area is 178 Å². The van der Waals surface area contributed by atoms with E-state index < -0.39 is 0 Å². The van der Waals surface area contributed by atoms with Gasteiger partial charge < -0.3 is 14.0 Å². The molecule has 1 amide bonds. The van der Waals surface area contributed by atoms with Crippen molar-refractivity contribution in [1.82, 2.24) is 5.16 Å². The molecule has 0 atom stereocenters. The lowest BCUT2D eigenvalue weighted by atomic mass is 10.0. The Balaban J connectivity index is 1.50. The predicted octanol–water partition coefficient (Wildman–Crippen LogP) is 4.34. The normalized spacial score (nSPS) is 15.2. The van der Waals surface area contributed by atoms with Gasteiger partial charge in [-0.1, -0.05) is 41.6 Å². The monoisotopic (exact) mass is 413 g/mol. The Kier molecular flexibility index (Phi) is 4.63. The Morgan fingerprint density at radius 3 is 2.77 bits per heavy atom. The zero-order valence-corrected chi connectivity index (χ0v) is 17.0. The second kappa shape index (κ2) is 7.60. The third-order valence-corrected chi connectivity index (χ3v) is 5.14. The number of hydrogen-bond donors (Lipinski definition) is 0. The summed E-state index contributed by atoms with van der Waals surface area (Å²) in [5.41, 5.74) is 3.36. The minimum Gasteiger partial charge on any atom is -0.497 e. The first-order chi connectivity index (χ1) is 15.1. The molecule has 0 aliphatic carbocycles. The molecular formula is C24H19N3O4. The third kappa shape index (κ3) is 3.40. The number of aryl methyl sites for hydroxylation is 1. The van der Waals surface area contributed by atoms with Crippen LogP contribution in [0.3, 0.4) is 0 Å². The minimum atomic E-state index is -0.223. The van der Waals surface area contributed by atoms with E-state index in [4.69, 9.17) is 14.0 Å². The van der Waals surface area contributed by atoms with Gasteiger partial charge in [0.1, 0.15) is 35.1 Å². The average Bonchev–Trinajstić information content (AvgIpc) is 3.17. The lowest BCUT2D eigenvalue weighted by Gasteiger charge is -2.29. The maximum Gasteiger partial charge on any atom is 0.265 e. The Hall–Kier alpha value is -4.13. The van der Waals surface area contributed by atoms with Gasteiger partial charge >= 0.3 is 0 Å². The van der Waals surface area contributed by atoms with Crippen molar-refractivity contribution >= 4 is 35.7 Å². The van der Waals surface area contributed by atoms with Crippen molar-refractivity contribution in [2.24, 2.45) is 4.99 Å². The molecule has 3 heterocycles. The highest BCUT2D eigenvalue weighted by Gasteiger charge is 2.35. The van der Waals surface area contributed by atoms with E-state index in [0.717, 1.165) is 11.1 Å². The largest absolute Gasteiger partial charge is 0.497 e. The summed E-state index contributed by atoms with van der Waals surface area (Å²) in [6, 6.07) is 15.3. The van der Waals surface area contributed by atoms with E-state index in [1.54, 1.807) is 37.1 Å². The highest BCUT2D eigenvalue weighted by atomic mass is 16.5. The van der Waals surface area contributed by atoms with Gasteiger partial charge in [0.05, 0.1) is 7.11 Å². The number of carbonyl (C=O) groups is 1. The number of ether oxygens (including phenoxy) is 2. The molecule has 0 unspecified atom stereocenters. The maximum atomic E-state index is 13.4. The van der Waals surface area contributed by atoms with Crippen LogP contribution in [0.4, 0.5) is 5.69 Å². The highest BCUT2D eigenvalue weighted by molar-refractivity contribution is 6.29. The van der Waals surface area contributed by atoms with Crippen LogP contribution < -0.4 is 14.4 Å². The first-order valence-electron chi connectivity index (χ1n) is 9.78. The van der Waals surface area contributed by atoms with Crippen molar-refractivity contribution in [3.8, 4) is 11.5 Å². The molecule has 0 spiro atoms. The van der Waals surface area contributed by atoms with Crippen molar-refractivity contribution in [2.45, 2.75) is 6.92 Å². The van der Waals surface area contributed by atoms with Gasteiger partial charge in [0.2, 0.25) is 5.90 Å². The predicted molar refractivity (Wildman–Crippen MR) is 118 cm³/mol. The van der Waals surface area contributed by atoms with Crippen LogP contribution in [-0.2, 0) is 4.79 Å². The third-order valence-electron chi connectivity index (χ3n) is 5.14. The molecule has 0 saturated carbocycles. The molecular weight excluding hydrogens is 394 g/mol. The first-order valence-corrected chi connectivity index (χ1v) is 9.78. The molecule has 0 saturated heterocycles. The van der Waals surface area contributed by atoms with Crippen LogP contribution in [0.15, 0.2) is 63.6 Å². The number of hydrogen-bond acceptors (Lipinski definition) is 6. The Morgan fingerprint density at radius 1 is 1.13 bits per heavy atom. The quantitative estimate of drug-likeness (QED) is 0.636.